The summed E-state index contributed by atoms with van der Waals surface area (Å²) < 4.78 is 23.1. The zero-order valence-corrected chi connectivity index (χ0v) is 11.9. The van der Waals surface area contributed by atoms with Gasteiger partial charge in [0.25, 0.3) is 5.91 Å². The van der Waals surface area contributed by atoms with E-state index in [0.29, 0.717) is 6.54 Å². The number of benzene rings is 1. The predicted molar refractivity (Wildman–Crippen MR) is 72.2 cm³/mol. The molecule has 1 aliphatic heterocycles. The molecule has 0 aliphatic carbocycles. The second kappa shape index (κ2) is 4.61. The first kappa shape index (κ1) is 14.0. The lowest BCUT2D eigenvalue weighted by atomic mass is 10.0. The standard InChI is InChI=1S/C13H18N2O3S/c1-13(2)8-5-9-15(13)12(16)10-6-3-4-7-11(10)19(14,17)18/h3-4,6-7H,5,8-9H2,1-2H3,(H2,14,17,18). The Kier molecular flexibility index (Phi) is 3.40. The Hall–Kier alpha value is -1.40. The normalized spacial score (nSPS) is 18.6. The minimum atomic E-state index is -3.89. The maximum Gasteiger partial charge on any atom is 0.255 e. The molecule has 19 heavy (non-hydrogen) atoms. The molecule has 2 rings (SSSR count). The quantitative estimate of drug-likeness (QED) is 0.889. The van der Waals surface area contributed by atoms with Crippen LogP contribution in [0.5, 0.6) is 0 Å². The predicted octanol–water partition coefficient (Wildman–Crippen LogP) is 1.35. The van der Waals surface area contributed by atoms with E-state index in [0.717, 1.165) is 12.8 Å². The summed E-state index contributed by atoms with van der Waals surface area (Å²) in [6, 6.07) is 6.08. The van der Waals surface area contributed by atoms with Crippen LogP contribution in [-0.2, 0) is 10.0 Å². The molecule has 6 heteroatoms. The van der Waals surface area contributed by atoms with Crippen LogP contribution in [0.15, 0.2) is 29.2 Å². The highest BCUT2D eigenvalue weighted by atomic mass is 32.2. The maximum atomic E-state index is 12.5. The Bertz CT molecular complexity index is 608. The van der Waals surface area contributed by atoms with E-state index < -0.39 is 10.0 Å². The van der Waals surface area contributed by atoms with E-state index >= 15 is 0 Å². The number of rotatable bonds is 2. The van der Waals surface area contributed by atoms with Gasteiger partial charge in [-0.3, -0.25) is 4.79 Å². The average Bonchev–Trinajstić information content (AvgIpc) is 2.67. The topological polar surface area (TPSA) is 80.5 Å². The Labute approximate surface area is 113 Å². The highest BCUT2D eigenvalue weighted by Crippen LogP contribution is 2.30. The van der Waals surface area contributed by atoms with Gasteiger partial charge in [-0.1, -0.05) is 12.1 Å². The van der Waals surface area contributed by atoms with Gasteiger partial charge in [0, 0.05) is 12.1 Å². The monoisotopic (exact) mass is 282 g/mol. The summed E-state index contributed by atoms with van der Waals surface area (Å²) in [5, 5.41) is 5.16. The summed E-state index contributed by atoms with van der Waals surface area (Å²) in [6.07, 6.45) is 1.84. The molecule has 0 aromatic heterocycles. The minimum Gasteiger partial charge on any atom is -0.333 e. The average molecular weight is 282 g/mol. The lowest BCUT2D eigenvalue weighted by Crippen LogP contribution is -2.43. The number of primary sulfonamides is 1. The molecule has 1 heterocycles. The number of nitrogens with zero attached hydrogens (tertiary/aromatic N) is 1. The van der Waals surface area contributed by atoms with Crippen LogP contribution in [0, 0.1) is 0 Å². The van der Waals surface area contributed by atoms with Crippen molar-refractivity contribution in [1.82, 2.24) is 4.90 Å². The Balaban J connectivity index is 2.46. The lowest BCUT2D eigenvalue weighted by Gasteiger charge is -2.32. The summed E-state index contributed by atoms with van der Waals surface area (Å²) in [7, 11) is -3.89. The number of sulfonamides is 1. The first-order chi connectivity index (χ1) is 8.73. The molecule has 0 spiro atoms. The van der Waals surface area contributed by atoms with Gasteiger partial charge in [0.05, 0.1) is 10.5 Å². The third-order valence-electron chi connectivity index (χ3n) is 3.57. The fraction of sp³-hybridized carbons (Fsp3) is 0.462. The minimum absolute atomic E-state index is 0.109. The summed E-state index contributed by atoms with van der Waals surface area (Å²) >= 11 is 0. The zero-order chi connectivity index (χ0) is 14.3. The largest absolute Gasteiger partial charge is 0.333 e. The lowest BCUT2D eigenvalue weighted by molar-refractivity contribution is 0.0648. The second-order valence-corrected chi connectivity index (χ2v) is 6.94. The first-order valence-electron chi connectivity index (χ1n) is 6.17. The number of carbonyl (C=O) groups is 1. The summed E-state index contributed by atoms with van der Waals surface area (Å²) in [4.78, 5) is 14.1. The molecule has 0 atom stereocenters. The third-order valence-corrected chi connectivity index (χ3v) is 4.54. The van der Waals surface area contributed by atoms with Crippen molar-refractivity contribution in [1.29, 1.82) is 0 Å². The van der Waals surface area contributed by atoms with Crippen molar-refractivity contribution in [2.45, 2.75) is 37.1 Å². The molecule has 1 aromatic rings. The van der Waals surface area contributed by atoms with Gasteiger partial charge in [0.2, 0.25) is 10.0 Å². The Morgan fingerprint density at radius 1 is 1.32 bits per heavy atom. The fourth-order valence-corrected chi connectivity index (χ4v) is 3.25. The fourth-order valence-electron chi connectivity index (χ4n) is 2.52. The number of nitrogens with two attached hydrogens (primary N) is 1. The number of hydrogen-bond acceptors (Lipinski definition) is 3. The molecule has 5 nitrogen and oxygen atoms in total. The van der Waals surface area contributed by atoms with E-state index in [-0.39, 0.29) is 21.9 Å². The van der Waals surface area contributed by atoms with E-state index in [1.54, 1.807) is 17.0 Å². The number of hydrogen-bond donors (Lipinski definition) is 1. The number of carbonyl (C=O) groups excluding carboxylic acids is 1. The van der Waals surface area contributed by atoms with Crippen molar-refractivity contribution >= 4 is 15.9 Å². The molecule has 0 saturated carbocycles. The molecular weight excluding hydrogens is 264 g/mol. The maximum absolute atomic E-state index is 12.5. The molecule has 1 aliphatic rings. The van der Waals surface area contributed by atoms with Crippen molar-refractivity contribution in [2.75, 3.05) is 6.54 Å². The van der Waals surface area contributed by atoms with Gasteiger partial charge in [-0.05, 0) is 38.8 Å². The highest BCUT2D eigenvalue weighted by Gasteiger charge is 2.37. The van der Waals surface area contributed by atoms with E-state index in [2.05, 4.69) is 0 Å². The van der Waals surface area contributed by atoms with Crippen LogP contribution in [0.3, 0.4) is 0 Å². The molecule has 1 amide bonds. The molecule has 2 N–H and O–H groups in total. The van der Waals surface area contributed by atoms with Crippen LogP contribution in [-0.4, -0.2) is 31.3 Å². The number of likely N-dealkylation sites (tertiary alicyclic amines) is 1. The summed E-state index contributed by atoms with van der Waals surface area (Å²) in [5.41, 5.74) is -0.0947. The second-order valence-electron chi connectivity index (χ2n) is 5.41. The van der Waals surface area contributed by atoms with Crippen LogP contribution in [0.1, 0.15) is 37.0 Å². The van der Waals surface area contributed by atoms with E-state index in [4.69, 9.17) is 5.14 Å². The van der Waals surface area contributed by atoms with Gasteiger partial charge in [-0.25, -0.2) is 13.6 Å². The zero-order valence-electron chi connectivity index (χ0n) is 11.1. The molecular formula is C13H18N2O3S. The molecule has 1 fully saturated rings. The Morgan fingerprint density at radius 2 is 1.95 bits per heavy atom. The molecule has 0 bridgehead atoms. The molecule has 104 valence electrons. The SMILES string of the molecule is CC1(C)CCCN1C(=O)c1ccccc1S(N)(=O)=O. The smallest absolute Gasteiger partial charge is 0.255 e. The van der Waals surface area contributed by atoms with Gasteiger partial charge in [0.15, 0.2) is 0 Å². The van der Waals surface area contributed by atoms with Crippen LogP contribution in [0.2, 0.25) is 0 Å². The van der Waals surface area contributed by atoms with Crippen molar-refractivity contribution in [3.8, 4) is 0 Å². The van der Waals surface area contributed by atoms with Crippen LogP contribution < -0.4 is 5.14 Å². The summed E-state index contributed by atoms with van der Waals surface area (Å²) in [6.45, 7) is 4.61. The van der Waals surface area contributed by atoms with Crippen LogP contribution >= 0.6 is 0 Å². The van der Waals surface area contributed by atoms with Gasteiger partial charge >= 0.3 is 0 Å². The third kappa shape index (κ3) is 2.64. The van der Waals surface area contributed by atoms with Crippen LogP contribution in [0.25, 0.3) is 0 Å². The van der Waals surface area contributed by atoms with Crippen molar-refractivity contribution in [2.24, 2.45) is 5.14 Å². The molecule has 1 aromatic carbocycles. The first-order valence-corrected chi connectivity index (χ1v) is 7.72. The van der Waals surface area contributed by atoms with Crippen molar-refractivity contribution < 1.29 is 13.2 Å². The molecule has 0 radical (unpaired) electrons. The number of amides is 1. The summed E-state index contributed by atoms with van der Waals surface area (Å²) in [5.74, 6) is -0.271. The van der Waals surface area contributed by atoms with E-state index in [1.165, 1.54) is 12.1 Å². The Morgan fingerprint density at radius 3 is 2.47 bits per heavy atom. The van der Waals surface area contributed by atoms with Crippen molar-refractivity contribution in [3.05, 3.63) is 29.8 Å². The highest BCUT2D eigenvalue weighted by molar-refractivity contribution is 7.89. The van der Waals surface area contributed by atoms with Gasteiger partial charge in [-0.15, -0.1) is 0 Å². The van der Waals surface area contributed by atoms with Crippen molar-refractivity contribution in [3.63, 3.8) is 0 Å². The van der Waals surface area contributed by atoms with Crippen LogP contribution in [0.4, 0.5) is 0 Å². The molecule has 1 saturated heterocycles. The van der Waals surface area contributed by atoms with Gasteiger partial charge in [-0.2, -0.15) is 0 Å². The molecule has 0 unspecified atom stereocenters. The van der Waals surface area contributed by atoms with E-state index in [1.807, 2.05) is 13.8 Å². The van der Waals surface area contributed by atoms with Gasteiger partial charge in [0.1, 0.15) is 0 Å². The van der Waals surface area contributed by atoms with Gasteiger partial charge < -0.3 is 4.90 Å². The van der Waals surface area contributed by atoms with E-state index in [9.17, 15) is 13.2 Å².